The van der Waals surface area contributed by atoms with Crippen LogP contribution in [-0.2, 0) is 4.74 Å². The predicted octanol–water partition coefficient (Wildman–Crippen LogP) is 2.30. The van der Waals surface area contributed by atoms with E-state index in [1.165, 1.54) is 25.8 Å². The molecule has 0 aromatic carbocycles. The van der Waals surface area contributed by atoms with E-state index in [1.54, 1.807) is 0 Å². The van der Waals surface area contributed by atoms with E-state index in [1.807, 2.05) is 0 Å². The van der Waals surface area contributed by atoms with Crippen LogP contribution in [0.15, 0.2) is 0 Å². The standard InChI is InChI=1S/C13H26N2O.ClH/c1-12(2)9-15-13(3,16-10-12)8-11-6-4-5-7-14-11;/h11,14-15H,4-10H2,1-3H3;1H. The van der Waals surface area contributed by atoms with Gasteiger partial charge in [0, 0.05) is 24.4 Å². The van der Waals surface area contributed by atoms with Gasteiger partial charge in [-0.15, -0.1) is 12.4 Å². The van der Waals surface area contributed by atoms with Gasteiger partial charge >= 0.3 is 0 Å². The molecular formula is C13H27ClN2O. The van der Waals surface area contributed by atoms with Crippen LogP contribution in [0.25, 0.3) is 0 Å². The Morgan fingerprint density at radius 3 is 2.53 bits per heavy atom. The second kappa shape index (κ2) is 5.87. The smallest absolute Gasteiger partial charge is 0.117 e. The summed E-state index contributed by atoms with van der Waals surface area (Å²) >= 11 is 0. The molecule has 2 fully saturated rings. The number of piperidine rings is 1. The molecule has 102 valence electrons. The van der Waals surface area contributed by atoms with Gasteiger partial charge in [0.1, 0.15) is 5.72 Å². The van der Waals surface area contributed by atoms with E-state index >= 15 is 0 Å². The fourth-order valence-electron chi connectivity index (χ4n) is 2.58. The number of halogens is 1. The summed E-state index contributed by atoms with van der Waals surface area (Å²) in [5, 5.41) is 7.16. The lowest BCUT2D eigenvalue weighted by Gasteiger charge is -2.44. The summed E-state index contributed by atoms with van der Waals surface area (Å²) in [4.78, 5) is 0. The minimum atomic E-state index is -0.121. The summed E-state index contributed by atoms with van der Waals surface area (Å²) in [5.41, 5.74) is 0.157. The molecule has 0 spiro atoms. The topological polar surface area (TPSA) is 33.3 Å². The molecule has 0 radical (unpaired) electrons. The van der Waals surface area contributed by atoms with Gasteiger partial charge in [0.15, 0.2) is 0 Å². The van der Waals surface area contributed by atoms with Crippen molar-refractivity contribution >= 4 is 12.4 Å². The molecule has 17 heavy (non-hydrogen) atoms. The van der Waals surface area contributed by atoms with Gasteiger partial charge in [0.25, 0.3) is 0 Å². The fraction of sp³-hybridized carbons (Fsp3) is 1.00. The number of hydrogen-bond acceptors (Lipinski definition) is 3. The molecule has 2 N–H and O–H groups in total. The quantitative estimate of drug-likeness (QED) is 0.801. The van der Waals surface area contributed by atoms with Gasteiger partial charge < -0.3 is 10.1 Å². The number of hydrogen-bond donors (Lipinski definition) is 2. The largest absolute Gasteiger partial charge is 0.360 e. The molecule has 2 heterocycles. The van der Waals surface area contributed by atoms with Gasteiger partial charge in [-0.1, -0.05) is 20.3 Å². The van der Waals surface area contributed by atoms with Crippen molar-refractivity contribution in [2.75, 3.05) is 19.7 Å². The molecule has 0 bridgehead atoms. The van der Waals surface area contributed by atoms with Crippen molar-refractivity contribution in [3.05, 3.63) is 0 Å². The zero-order valence-electron chi connectivity index (χ0n) is 11.3. The summed E-state index contributed by atoms with van der Waals surface area (Å²) in [6.45, 7) is 9.78. The van der Waals surface area contributed by atoms with Crippen LogP contribution in [0, 0.1) is 5.41 Å². The van der Waals surface area contributed by atoms with Crippen LogP contribution in [0.3, 0.4) is 0 Å². The predicted molar refractivity (Wildman–Crippen MR) is 73.6 cm³/mol. The molecule has 0 aliphatic carbocycles. The Kier molecular flexibility index (Phi) is 5.26. The molecular weight excluding hydrogens is 236 g/mol. The molecule has 2 aliphatic heterocycles. The Morgan fingerprint density at radius 1 is 1.24 bits per heavy atom. The maximum Gasteiger partial charge on any atom is 0.117 e. The first-order chi connectivity index (χ1) is 7.49. The molecule has 2 atom stereocenters. The van der Waals surface area contributed by atoms with E-state index in [4.69, 9.17) is 4.74 Å². The zero-order valence-corrected chi connectivity index (χ0v) is 12.2. The average Bonchev–Trinajstić information content (AvgIpc) is 2.25. The Bertz CT molecular complexity index is 230. The lowest BCUT2D eigenvalue weighted by Crippen LogP contribution is -2.58. The number of rotatable bonds is 2. The van der Waals surface area contributed by atoms with Crippen LogP contribution < -0.4 is 10.6 Å². The molecule has 0 saturated carbocycles. The van der Waals surface area contributed by atoms with Crippen molar-refractivity contribution in [1.82, 2.24) is 10.6 Å². The highest BCUT2D eigenvalue weighted by Gasteiger charge is 2.37. The van der Waals surface area contributed by atoms with Crippen molar-refractivity contribution in [1.29, 1.82) is 0 Å². The molecule has 2 rings (SSSR count). The minimum absolute atomic E-state index is 0. The monoisotopic (exact) mass is 262 g/mol. The summed E-state index contributed by atoms with van der Waals surface area (Å²) in [6.07, 6.45) is 5.07. The van der Waals surface area contributed by atoms with E-state index in [0.29, 0.717) is 6.04 Å². The highest BCUT2D eigenvalue weighted by Crippen LogP contribution is 2.28. The maximum absolute atomic E-state index is 6.03. The molecule has 4 heteroatoms. The average molecular weight is 263 g/mol. The fourth-order valence-corrected chi connectivity index (χ4v) is 2.58. The van der Waals surface area contributed by atoms with E-state index in [0.717, 1.165) is 19.6 Å². The molecule has 0 aromatic rings. The first-order valence-corrected chi connectivity index (χ1v) is 6.62. The molecule has 2 unspecified atom stereocenters. The zero-order chi connectivity index (χ0) is 11.6. The van der Waals surface area contributed by atoms with Gasteiger partial charge in [0.05, 0.1) is 6.61 Å². The van der Waals surface area contributed by atoms with Crippen LogP contribution in [0.1, 0.15) is 46.5 Å². The van der Waals surface area contributed by atoms with Crippen LogP contribution in [0.5, 0.6) is 0 Å². The van der Waals surface area contributed by atoms with Crippen LogP contribution in [0.2, 0.25) is 0 Å². The third-order valence-electron chi connectivity index (χ3n) is 3.77. The highest BCUT2D eigenvalue weighted by atomic mass is 35.5. The third kappa shape index (κ3) is 4.40. The van der Waals surface area contributed by atoms with Gasteiger partial charge in [-0.25, -0.2) is 0 Å². The summed E-state index contributed by atoms with van der Waals surface area (Å²) in [6, 6.07) is 0.632. The molecule has 0 amide bonds. The van der Waals surface area contributed by atoms with Gasteiger partial charge in [-0.05, 0) is 26.3 Å². The van der Waals surface area contributed by atoms with Crippen molar-refractivity contribution in [3.63, 3.8) is 0 Å². The summed E-state index contributed by atoms with van der Waals surface area (Å²) in [5.74, 6) is 0. The van der Waals surface area contributed by atoms with Crippen molar-refractivity contribution in [2.45, 2.75) is 58.2 Å². The summed E-state index contributed by atoms with van der Waals surface area (Å²) in [7, 11) is 0. The van der Waals surface area contributed by atoms with Crippen molar-refractivity contribution in [3.8, 4) is 0 Å². The van der Waals surface area contributed by atoms with E-state index in [-0.39, 0.29) is 23.5 Å². The lowest BCUT2D eigenvalue weighted by molar-refractivity contribution is -0.134. The van der Waals surface area contributed by atoms with Crippen molar-refractivity contribution < 1.29 is 4.74 Å². The van der Waals surface area contributed by atoms with E-state index in [2.05, 4.69) is 31.4 Å². The SMILES string of the molecule is CC1(C)CNC(C)(CC2CCCCN2)OC1.Cl. The van der Waals surface area contributed by atoms with Gasteiger partial charge in [0.2, 0.25) is 0 Å². The minimum Gasteiger partial charge on any atom is -0.360 e. The second-order valence-electron chi connectivity index (χ2n) is 6.39. The molecule has 2 saturated heterocycles. The number of ether oxygens (including phenoxy) is 1. The van der Waals surface area contributed by atoms with Crippen LogP contribution >= 0.6 is 12.4 Å². The maximum atomic E-state index is 6.03. The lowest BCUT2D eigenvalue weighted by atomic mass is 9.89. The Hall–Kier alpha value is 0.170. The highest BCUT2D eigenvalue weighted by molar-refractivity contribution is 5.85. The van der Waals surface area contributed by atoms with Crippen molar-refractivity contribution in [2.24, 2.45) is 5.41 Å². The van der Waals surface area contributed by atoms with E-state index in [9.17, 15) is 0 Å². The molecule has 3 nitrogen and oxygen atoms in total. The Balaban J connectivity index is 0.00000144. The van der Waals surface area contributed by atoms with Crippen LogP contribution in [-0.4, -0.2) is 31.5 Å². The normalized spacial score (nSPS) is 37.2. The third-order valence-corrected chi connectivity index (χ3v) is 3.77. The first kappa shape index (κ1) is 15.2. The van der Waals surface area contributed by atoms with Gasteiger partial charge in [-0.2, -0.15) is 0 Å². The molecule has 0 aromatic heterocycles. The first-order valence-electron chi connectivity index (χ1n) is 6.62. The molecule has 2 aliphatic rings. The second-order valence-corrected chi connectivity index (χ2v) is 6.39. The Morgan fingerprint density at radius 2 is 2.00 bits per heavy atom. The summed E-state index contributed by atoms with van der Waals surface area (Å²) < 4.78 is 6.03. The van der Waals surface area contributed by atoms with Gasteiger partial charge in [-0.3, -0.25) is 5.32 Å². The Labute approximate surface area is 111 Å². The van der Waals surface area contributed by atoms with Crippen LogP contribution in [0.4, 0.5) is 0 Å². The van der Waals surface area contributed by atoms with E-state index < -0.39 is 0 Å². The number of nitrogens with one attached hydrogen (secondary N) is 2.